The summed E-state index contributed by atoms with van der Waals surface area (Å²) in [6.07, 6.45) is 4.84. The molecule has 1 N–H and O–H groups in total. The van der Waals surface area contributed by atoms with Gasteiger partial charge in [-0.25, -0.2) is 0 Å². The van der Waals surface area contributed by atoms with Gasteiger partial charge in [-0.2, -0.15) is 0 Å². The van der Waals surface area contributed by atoms with Crippen molar-refractivity contribution in [2.24, 2.45) is 5.92 Å². The fourth-order valence-corrected chi connectivity index (χ4v) is 3.61. The van der Waals surface area contributed by atoms with Crippen LogP contribution >= 0.6 is 27.5 Å². The summed E-state index contributed by atoms with van der Waals surface area (Å²) in [6.45, 7) is 2.69. The van der Waals surface area contributed by atoms with Crippen LogP contribution in [0.5, 0.6) is 0 Å². The first-order valence-electron chi connectivity index (χ1n) is 6.74. The summed E-state index contributed by atoms with van der Waals surface area (Å²) in [5, 5.41) is 3.64. The average molecular weight is 345 g/mol. The maximum absolute atomic E-state index is 12.2. The van der Waals surface area contributed by atoms with Crippen LogP contribution in [0.2, 0.25) is 5.02 Å². The molecular weight excluding hydrogens is 326 g/mol. The summed E-state index contributed by atoms with van der Waals surface area (Å²) in [4.78, 5) is 12.8. The highest BCUT2D eigenvalue weighted by atomic mass is 79.9. The van der Waals surface area contributed by atoms with Gasteiger partial charge in [0.25, 0.3) is 5.91 Å². The summed E-state index contributed by atoms with van der Waals surface area (Å²) in [6, 6.07) is 5.43. The van der Waals surface area contributed by atoms with Gasteiger partial charge in [0.1, 0.15) is 0 Å². The van der Waals surface area contributed by atoms with Crippen molar-refractivity contribution in [3.63, 3.8) is 0 Å². The highest BCUT2D eigenvalue weighted by Crippen LogP contribution is 2.28. The Balaban J connectivity index is 1.92. The molecule has 0 radical (unpaired) electrons. The minimum Gasteiger partial charge on any atom is -0.352 e. The molecule has 1 aliphatic rings. The van der Waals surface area contributed by atoms with Crippen molar-refractivity contribution in [2.45, 2.75) is 37.4 Å². The molecule has 1 aromatic rings. The monoisotopic (exact) mass is 343 g/mol. The van der Waals surface area contributed by atoms with Crippen LogP contribution in [-0.2, 0) is 0 Å². The number of alkyl halides is 1. The Morgan fingerprint density at radius 1 is 1.47 bits per heavy atom. The van der Waals surface area contributed by atoms with Gasteiger partial charge in [0.05, 0.1) is 0 Å². The molecule has 1 saturated carbocycles. The van der Waals surface area contributed by atoms with Crippen molar-refractivity contribution in [3.05, 3.63) is 34.3 Å². The van der Waals surface area contributed by atoms with Crippen molar-refractivity contribution in [1.82, 2.24) is 5.32 Å². The van der Waals surface area contributed by atoms with Crippen molar-refractivity contribution in [2.75, 3.05) is 6.54 Å². The van der Waals surface area contributed by atoms with E-state index in [4.69, 9.17) is 11.6 Å². The molecule has 2 rings (SSSR count). The van der Waals surface area contributed by atoms with E-state index in [0.717, 1.165) is 18.5 Å². The zero-order valence-corrected chi connectivity index (χ0v) is 13.4. The predicted octanol–water partition coefficient (Wildman–Crippen LogP) is 4.33. The molecule has 4 heteroatoms. The lowest BCUT2D eigenvalue weighted by Gasteiger charge is -2.25. The van der Waals surface area contributed by atoms with Gasteiger partial charge in [-0.1, -0.05) is 40.0 Å². The molecule has 0 heterocycles. The van der Waals surface area contributed by atoms with E-state index in [1.54, 1.807) is 6.07 Å². The molecule has 0 spiro atoms. The molecule has 2 nitrogen and oxygen atoms in total. The molecule has 1 aromatic carbocycles. The SMILES string of the molecule is Cc1ccc(Cl)cc1C(=O)NCC1CCCC(Br)C1. The summed E-state index contributed by atoms with van der Waals surface area (Å²) >= 11 is 9.61. The summed E-state index contributed by atoms with van der Waals surface area (Å²) in [5.74, 6) is 0.568. The number of halogens is 2. The third kappa shape index (κ3) is 4.22. The van der Waals surface area contributed by atoms with Gasteiger partial charge in [-0.3, -0.25) is 4.79 Å². The zero-order valence-electron chi connectivity index (χ0n) is 11.1. The molecule has 2 unspecified atom stereocenters. The highest BCUT2D eigenvalue weighted by Gasteiger charge is 2.20. The molecule has 19 heavy (non-hydrogen) atoms. The van der Waals surface area contributed by atoms with Crippen LogP contribution in [0.1, 0.15) is 41.6 Å². The smallest absolute Gasteiger partial charge is 0.251 e. The molecular formula is C15H19BrClNO. The standard InChI is InChI=1S/C15H19BrClNO/c1-10-5-6-13(17)8-14(10)15(19)18-9-11-3-2-4-12(16)7-11/h5-6,8,11-12H,2-4,7,9H2,1H3,(H,18,19). The number of hydrogen-bond donors (Lipinski definition) is 1. The van der Waals surface area contributed by atoms with E-state index < -0.39 is 0 Å². The zero-order chi connectivity index (χ0) is 13.8. The van der Waals surface area contributed by atoms with Gasteiger partial charge in [0, 0.05) is 22.0 Å². The first-order valence-corrected chi connectivity index (χ1v) is 8.04. The van der Waals surface area contributed by atoms with Crippen LogP contribution in [0.15, 0.2) is 18.2 Å². The second kappa shape index (κ2) is 6.76. The second-order valence-electron chi connectivity index (χ2n) is 5.30. The summed E-state index contributed by atoms with van der Waals surface area (Å²) < 4.78 is 0. The molecule has 0 bridgehead atoms. The largest absolute Gasteiger partial charge is 0.352 e. The van der Waals surface area contributed by atoms with Gasteiger partial charge in [0.15, 0.2) is 0 Å². The molecule has 0 saturated heterocycles. The van der Waals surface area contributed by atoms with Gasteiger partial charge >= 0.3 is 0 Å². The van der Waals surface area contributed by atoms with Gasteiger partial charge in [-0.05, 0) is 49.8 Å². The predicted molar refractivity (Wildman–Crippen MR) is 83.2 cm³/mol. The number of carbonyl (C=O) groups excluding carboxylic acids is 1. The summed E-state index contributed by atoms with van der Waals surface area (Å²) in [7, 11) is 0. The van der Waals surface area contributed by atoms with Crippen molar-refractivity contribution >= 4 is 33.4 Å². The van der Waals surface area contributed by atoms with Crippen molar-refractivity contribution in [3.8, 4) is 0 Å². The van der Waals surface area contributed by atoms with Crippen LogP contribution in [0.3, 0.4) is 0 Å². The number of hydrogen-bond acceptors (Lipinski definition) is 1. The van der Waals surface area contributed by atoms with Crippen LogP contribution in [-0.4, -0.2) is 17.3 Å². The van der Waals surface area contributed by atoms with E-state index in [1.807, 2.05) is 19.1 Å². The fourth-order valence-electron chi connectivity index (χ4n) is 2.58. The van der Waals surface area contributed by atoms with Crippen molar-refractivity contribution in [1.29, 1.82) is 0 Å². The van der Waals surface area contributed by atoms with E-state index in [9.17, 15) is 4.79 Å². The second-order valence-corrected chi connectivity index (χ2v) is 7.03. The third-order valence-electron chi connectivity index (χ3n) is 3.71. The van der Waals surface area contributed by atoms with Gasteiger partial charge in [-0.15, -0.1) is 0 Å². The quantitative estimate of drug-likeness (QED) is 0.812. The lowest BCUT2D eigenvalue weighted by atomic mass is 9.89. The van der Waals surface area contributed by atoms with E-state index >= 15 is 0 Å². The Bertz CT molecular complexity index is 463. The molecule has 0 aromatic heterocycles. The van der Waals surface area contributed by atoms with E-state index in [2.05, 4.69) is 21.2 Å². The number of rotatable bonds is 3. The lowest BCUT2D eigenvalue weighted by molar-refractivity contribution is 0.0943. The number of amides is 1. The number of nitrogens with one attached hydrogen (secondary N) is 1. The number of carbonyl (C=O) groups is 1. The minimum absolute atomic E-state index is 0.0169. The summed E-state index contributed by atoms with van der Waals surface area (Å²) in [5.41, 5.74) is 1.64. The lowest BCUT2D eigenvalue weighted by Crippen LogP contribution is -2.32. The molecule has 0 aliphatic heterocycles. The van der Waals surface area contributed by atoms with Gasteiger partial charge < -0.3 is 5.32 Å². The maximum Gasteiger partial charge on any atom is 0.251 e. The Morgan fingerprint density at radius 2 is 2.26 bits per heavy atom. The number of benzene rings is 1. The van der Waals surface area contributed by atoms with Crippen molar-refractivity contribution < 1.29 is 4.79 Å². The molecule has 1 amide bonds. The topological polar surface area (TPSA) is 29.1 Å². The fraction of sp³-hybridized carbons (Fsp3) is 0.533. The Hall–Kier alpha value is -0.540. The molecule has 104 valence electrons. The van der Waals surface area contributed by atoms with Gasteiger partial charge in [0.2, 0.25) is 0 Å². The molecule has 1 aliphatic carbocycles. The van der Waals surface area contributed by atoms with Crippen LogP contribution in [0.25, 0.3) is 0 Å². The average Bonchev–Trinajstić information content (AvgIpc) is 2.39. The first-order chi connectivity index (χ1) is 9.06. The third-order valence-corrected chi connectivity index (χ3v) is 4.78. The van der Waals surface area contributed by atoms with E-state index in [1.165, 1.54) is 19.3 Å². The first kappa shape index (κ1) is 14.9. The molecule has 1 fully saturated rings. The Morgan fingerprint density at radius 3 is 3.00 bits per heavy atom. The Labute approximate surface area is 128 Å². The van der Waals surface area contributed by atoms with Crippen LogP contribution < -0.4 is 5.32 Å². The molecule has 2 atom stereocenters. The minimum atomic E-state index is -0.0169. The van der Waals surface area contributed by atoms with Crippen LogP contribution in [0, 0.1) is 12.8 Å². The highest BCUT2D eigenvalue weighted by molar-refractivity contribution is 9.09. The maximum atomic E-state index is 12.2. The van der Waals surface area contributed by atoms with Crippen LogP contribution in [0.4, 0.5) is 0 Å². The normalized spacial score (nSPS) is 23.1. The van der Waals surface area contributed by atoms with E-state index in [-0.39, 0.29) is 5.91 Å². The number of aryl methyl sites for hydroxylation is 1. The Kier molecular flexibility index (Phi) is 5.28. The van der Waals surface area contributed by atoms with E-state index in [0.29, 0.717) is 21.3 Å².